The van der Waals surface area contributed by atoms with Gasteiger partial charge in [0.2, 0.25) is 0 Å². The van der Waals surface area contributed by atoms with Crippen LogP contribution in [0.5, 0.6) is 0 Å². The van der Waals surface area contributed by atoms with Crippen LogP contribution >= 0.6 is 15.9 Å². The summed E-state index contributed by atoms with van der Waals surface area (Å²) in [7, 11) is 0. The van der Waals surface area contributed by atoms with E-state index in [2.05, 4.69) is 40.0 Å². The summed E-state index contributed by atoms with van der Waals surface area (Å²) >= 11 is 3.11. The predicted molar refractivity (Wildman–Crippen MR) is 76.0 cm³/mol. The number of piperazine rings is 1. The molecule has 0 amide bonds. The fraction of sp³-hybridized carbons (Fsp3) is 0.571. The van der Waals surface area contributed by atoms with E-state index in [1.807, 2.05) is 0 Å². The third-order valence-electron chi connectivity index (χ3n) is 3.85. The molecule has 1 N–H and O–H groups in total. The summed E-state index contributed by atoms with van der Waals surface area (Å²) < 4.78 is 28.0. The molecule has 2 nitrogen and oxygen atoms in total. The monoisotopic (exact) mass is 332 g/mol. The average molecular weight is 333 g/mol. The second kappa shape index (κ2) is 5.85. The highest BCUT2D eigenvalue weighted by molar-refractivity contribution is 9.10. The van der Waals surface area contributed by atoms with Crippen molar-refractivity contribution in [1.29, 1.82) is 0 Å². The molecule has 1 aromatic rings. The summed E-state index contributed by atoms with van der Waals surface area (Å²) in [5, 5.41) is 3.46. The van der Waals surface area contributed by atoms with Gasteiger partial charge in [-0.2, -0.15) is 0 Å². The van der Waals surface area contributed by atoms with E-state index in [4.69, 9.17) is 0 Å². The van der Waals surface area contributed by atoms with Crippen molar-refractivity contribution >= 4 is 15.9 Å². The quantitative estimate of drug-likeness (QED) is 0.854. The zero-order valence-electron chi connectivity index (χ0n) is 11.3. The zero-order chi connectivity index (χ0) is 14.0. The Morgan fingerprint density at radius 2 is 2.16 bits per heavy atom. The molecule has 0 spiro atoms. The van der Waals surface area contributed by atoms with Crippen molar-refractivity contribution in [3.63, 3.8) is 0 Å². The van der Waals surface area contributed by atoms with Gasteiger partial charge in [0.1, 0.15) is 11.6 Å². The molecule has 106 valence electrons. The molecule has 1 aliphatic heterocycles. The van der Waals surface area contributed by atoms with Crippen molar-refractivity contribution in [2.45, 2.75) is 32.4 Å². The molecule has 1 fully saturated rings. The van der Waals surface area contributed by atoms with Crippen LogP contribution in [0, 0.1) is 11.6 Å². The first kappa shape index (κ1) is 14.9. The average Bonchev–Trinajstić information content (AvgIpc) is 2.39. The molecule has 0 aromatic heterocycles. The number of hydrogen-bond donors (Lipinski definition) is 1. The lowest BCUT2D eigenvalue weighted by Crippen LogP contribution is -2.58. The molecule has 1 heterocycles. The zero-order valence-corrected chi connectivity index (χ0v) is 12.9. The van der Waals surface area contributed by atoms with Gasteiger partial charge in [0.25, 0.3) is 0 Å². The van der Waals surface area contributed by atoms with Crippen molar-refractivity contribution in [2.24, 2.45) is 0 Å². The highest BCUT2D eigenvalue weighted by Gasteiger charge is 2.29. The molecule has 0 aliphatic carbocycles. The van der Waals surface area contributed by atoms with Crippen molar-refractivity contribution in [1.82, 2.24) is 10.2 Å². The van der Waals surface area contributed by atoms with E-state index < -0.39 is 11.6 Å². The topological polar surface area (TPSA) is 15.3 Å². The Morgan fingerprint density at radius 1 is 1.42 bits per heavy atom. The van der Waals surface area contributed by atoms with Gasteiger partial charge < -0.3 is 5.32 Å². The van der Waals surface area contributed by atoms with E-state index in [0.29, 0.717) is 11.0 Å². The summed E-state index contributed by atoms with van der Waals surface area (Å²) in [5.74, 6) is -0.964. The summed E-state index contributed by atoms with van der Waals surface area (Å²) in [6.07, 6.45) is 0.993. The van der Waals surface area contributed by atoms with Crippen molar-refractivity contribution in [3.05, 3.63) is 33.8 Å². The summed E-state index contributed by atoms with van der Waals surface area (Å²) in [6, 6.07) is 2.71. The highest BCUT2D eigenvalue weighted by atomic mass is 79.9. The van der Waals surface area contributed by atoms with E-state index in [0.717, 1.165) is 26.1 Å². The minimum Gasteiger partial charge on any atom is -0.309 e. The van der Waals surface area contributed by atoms with E-state index in [1.54, 1.807) is 0 Å². The summed E-state index contributed by atoms with van der Waals surface area (Å²) in [4.78, 5) is 2.11. The molecule has 0 saturated carbocycles. The van der Waals surface area contributed by atoms with Gasteiger partial charge in [-0.3, -0.25) is 4.90 Å². The summed E-state index contributed by atoms with van der Waals surface area (Å²) in [5.41, 5.74) is 0.173. The predicted octanol–water partition coefficient (Wildman–Crippen LogP) is 3.30. The van der Waals surface area contributed by atoms with Crippen LogP contribution in [0.3, 0.4) is 0 Å². The highest BCUT2D eigenvalue weighted by Crippen LogP contribution is 2.24. The molecule has 1 aromatic carbocycles. The van der Waals surface area contributed by atoms with E-state index in [9.17, 15) is 8.78 Å². The van der Waals surface area contributed by atoms with Gasteiger partial charge in [-0.15, -0.1) is 0 Å². The Hall–Kier alpha value is -0.520. The normalized spacial score (nSPS) is 24.7. The van der Waals surface area contributed by atoms with Gasteiger partial charge in [-0.25, -0.2) is 8.78 Å². The van der Waals surface area contributed by atoms with Crippen LogP contribution in [-0.4, -0.2) is 30.1 Å². The lowest BCUT2D eigenvalue weighted by Gasteiger charge is -2.41. The molecule has 0 bridgehead atoms. The number of hydrogen-bond acceptors (Lipinski definition) is 2. The van der Waals surface area contributed by atoms with Gasteiger partial charge in [-0.1, -0.05) is 6.92 Å². The third-order valence-corrected chi connectivity index (χ3v) is 4.47. The molecule has 5 heteroatoms. The molecule has 2 rings (SSSR count). The van der Waals surface area contributed by atoms with Crippen LogP contribution in [-0.2, 0) is 6.54 Å². The molecule has 0 radical (unpaired) electrons. The second-order valence-corrected chi connectivity index (χ2v) is 6.23. The number of benzene rings is 1. The first-order valence-corrected chi connectivity index (χ1v) is 7.34. The number of nitrogens with zero attached hydrogens (tertiary/aromatic N) is 1. The van der Waals surface area contributed by atoms with Gasteiger partial charge >= 0.3 is 0 Å². The lowest BCUT2D eigenvalue weighted by molar-refractivity contribution is 0.131. The molecule has 19 heavy (non-hydrogen) atoms. The van der Waals surface area contributed by atoms with Gasteiger partial charge in [-0.05, 0) is 41.4 Å². The van der Waals surface area contributed by atoms with Gasteiger partial charge in [0.15, 0.2) is 0 Å². The molecule has 1 saturated heterocycles. The Kier molecular flexibility index (Phi) is 4.58. The second-order valence-electron chi connectivity index (χ2n) is 5.37. The Labute approximate surface area is 121 Å². The minimum absolute atomic E-state index is 0.0250. The summed E-state index contributed by atoms with van der Waals surface area (Å²) in [6.45, 7) is 7.04. The Bertz CT molecular complexity index is 467. The Morgan fingerprint density at radius 3 is 2.84 bits per heavy atom. The standard InChI is InChI=1S/C14H19BrF2N2/c1-3-14(2)9-19(7-6-18-14)8-10-12(16)5-4-11(15)13(10)17/h4-5,18H,3,6-9H2,1-2H3. The maximum atomic E-state index is 14.0. The lowest BCUT2D eigenvalue weighted by atomic mass is 9.95. The van der Waals surface area contributed by atoms with Crippen molar-refractivity contribution < 1.29 is 8.78 Å². The van der Waals surface area contributed by atoms with Crippen LogP contribution in [0.4, 0.5) is 8.78 Å². The molecule has 1 unspecified atom stereocenters. The minimum atomic E-state index is -0.489. The van der Waals surface area contributed by atoms with Crippen LogP contribution in [0.25, 0.3) is 0 Å². The molecular weight excluding hydrogens is 314 g/mol. The van der Waals surface area contributed by atoms with Crippen LogP contribution in [0.2, 0.25) is 0 Å². The van der Waals surface area contributed by atoms with E-state index in [1.165, 1.54) is 12.1 Å². The number of halogens is 3. The molecule has 1 atom stereocenters. The number of rotatable bonds is 3. The number of nitrogens with one attached hydrogen (secondary N) is 1. The van der Waals surface area contributed by atoms with E-state index >= 15 is 0 Å². The van der Waals surface area contributed by atoms with E-state index in [-0.39, 0.29) is 11.1 Å². The van der Waals surface area contributed by atoms with Gasteiger partial charge in [0, 0.05) is 37.3 Å². The third kappa shape index (κ3) is 3.33. The molecule has 1 aliphatic rings. The fourth-order valence-corrected chi connectivity index (χ4v) is 2.83. The SMILES string of the molecule is CCC1(C)CN(Cc2c(F)ccc(Br)c2F)CCN1. The maximum Gasteiger partial charge on any atom is 0.144 e. The maximum absolute atomic E-state index is 14.0. The van der Waals surface area contributed by atoms with Crippen molar-refractivity contribution in [3.8, 4) is 0 Å². The van der Waals surface area contributed by atoms with Gasteiger partial charge in [0.05, 0.1) is 4.47 Å². The van der Waals surface area contributed by atoms with Crippen molar-refractivity contribution in [2.75, 3.05) is 19.6 Å². The Balaban J connectivity index is 2.15. The van der Waals surface area contributed by atoms with Crippen LogP contribution in [0.1, 0.15) is 25.8 Å². The fourth-order valence-electron chi connectivity index (χ4n) is 2.45. The smallest absolute Gasteiger partial charge is 0.144 e. The molecular formula is C14H19BrF2N2. The first-order valence-electron chi connectivity index (χ1n) is 6.55. The largest absolute Gasteiger partial charge is 0.309 e. The van der Waals surface area contributed by atoms with Crippen LogP contribution in [0.15, 0.2) is 16.6 Å². The first-order chi connectivity index (χ1) is 8.95. The van der Waals surface area contributed by atoms with Crippen LogP contribution < -0.4 is 5.32 Å².